The van der Waals surface area contributed by atoms with Gasteiger partial charge in [0.15, 0.2) is 0 Å². The summed E-state index contributed by atoms with van der Waals surface area (Å²) < 4.78 is 66.1. The fraction of sp³-hybridized carbons (Fsp3) is 0.158. The number of ether oxygens (including phenoxy) is 1. The molecule has 1 N–H and O–H groups in total. The maximum atomic E-state index is 12.8. The van der Waals surface area contributed by atoms with E-state index in [0.29, 0.717) is 16.7 Å². The van der Waals surface area contributed by atoms with E-state index < -0.39 is 30.1 Å². The summed E-state index contributed by atoms with van der Waals surface area (Å²) in [6.07, 6.45) is -6.05. The van der Waals surface area contributed by atoms with E-state index in [4.69, 9.17) is 11.6 Å². The average molecular weight is 446 g/mol. The summed E-state index contributed by atoms with van der Waals surface area (Å²) in [6.45, 7) is -0.142. The van der Waals surface area contributed by atoms with Gasteiger partial charge in [-0.1, -0.05) is 23.7 Å². The van der Waals surface area contributed by atoms with Gasteiger partial charge in [0.1, 0.15) is 5.75 Å². The van der Waals surface area contributed by atoms with E-state index >= 15 is 0 Å². The Morgan fingerprint density at radius 3 is 2.33 bits per heavy atom. The van der Waals surface area contributed by atoms with Crippen LogP contribution in [0.15, 0.2) is 65.8 Å². The van der Waals surface area contributed by atoms with Gasteiger partial charge < -0.3 is 10.1 Å². The highest BCUT2D eigenvalue weighted by molar-refractivity contribution is 6.30. The molecule has 0 radical (unpaired) electrons. The van der Waals surface area contributed by atoms with Crippen LogP contribution >= 0.6 is 11.6 Å². The van der Waals surface area contributed by atoms with Gasteiger partial charge in [0.2, 0.25) is 0 Å². The molecule has 11 heteroatoms. The summed E-state index contributed by atoms with van der Waals surface area (Å²) >= 11 is 5.84. The number of amides is 2. The third kappa shape index (κ3) is 5.69. The Balaban J connectivity index is 1.75. The second-order valence-electron chi connectivity index (χ2n) is 6.14. The fourth-order valence-electron chi connectivity index (χ4n) is 2.75. The van der Waals surface area contributed by atoms with Gasteiger partial charge in [-0.2, -0.15) is 13.9 Å². The Bertz CT molecular complexity index is 971. The molecule has 2 aromatic carbocycles. The number of carbonyl (C=O) groups is 1. The van der Waals surface area contributed by atoms with Crippen LogP contribution in [0, 0.1) is 5.92 Å². The first kappa shape index (κ1) is 21.6. The molecule has 2 amide bonds. The molecule has 2 aromatic rings. The number of urea groups is 1. The molecule has 0 saturated carbocycles. The van der Waals surface area contributed by atoms with Crippen LogP contribution < -0.4 is 10.1 Å². The quantitative estimate of drug-likeness (QED) is 0.597. The second kappa shape index (κ2) is 8.70. The molecule has 158 valence electrons. The first-order chi connectivity index (χ1) is 14.1. The van der Waals surface area contributed by atoms with Crippen molar-refractivity contribution in [3.05, 3.63) is 71.3 Å². The van der Waals surface area contributed by atoms with Gasteiger partial charge in [-0.25, -0.2) is 9.80 Å². The van der Waals surface area contributed by atoms with Crippen molar-refractivity contribution in [1.29, 1.82) is 0 Å². The molecule has 0 bridgehead atoms. The van der Waals surface area contributed by atoms with Crippen molar-refractivity contribution in [3.63, 3.8) is 0 Å². The lowest BCUT2D eigenvalue weighted by Gasteiger charge is -2.14. The SMILES string of the molecule is O=C(Nc1ccc(OC(F)(F)F)cc1)N1CC(C=C(F)F)C(c2ccc(Cl)cc2)=N1. The molecule has 0 saturated heterocycles. The minimum atomic E-state index is -4.83. The van der Waals surface area contributed by atoms with E-state index in [2.05, 4.69) is 15.2 Å². The number of nitrogens with zero attached hydrogens (tertiary/aromatic N) is 2. The highest BCUT2D eigenvalue weighted by Crippen LogP contribution is 2.26. The van der Waals surface area contributed by atoms with Crippen LogP contribution in [0.1, 0.15) is 5.56 Å². The first-order valence-electron chi connectivity index (χ1n) is 8.42. The summed E-state index contributed by atoms with van der Waals surface area (Å²) in [6, 6.07) is 10.1. The Kier molecular flexibility index (Phi) is 6.25. The minimum Gasteiger partial charge on any atom is -0.406 e. The zero-order valence-electron chi connectivity index (χ0n) is 15.0. The van der Waals surface area contributed by atoms with E-state index in [1.807, 2.05) is 0 Å². The second-order valence-corrected chi connectivity index (χ2v) is 6.58. The lowest BCUT2D eigenvalue weighted by Crippen LogP contribution is -2.30. The number of anilines is 1. The molecule has 1 heterocycles. The Morgan fingerprint density at radius 1 is 1.13 bits per heavy atom. The maximum Gasteiger partial charge on any atom is 0.573 e. The van der Waals surface area contributed by atoms with Gasteiger partial charge in [0, 0.05) is 16.6 Å². The molecule has 1 unspecified atom stereocenters. The first-order valence-corrected chi connectivity index (χ1v) is 8.80. The van der Waals surface area contributed by atoms with Crippen molar-refractivity contribution in [2.24, 2.45) is 11.0 Å². The molecule has 0 aliphatic carbocycles. The molecule has 1 atom stereocenters. The van der Waals surface area contributed by atoms with Crippen LogP contribution in [-0.4, -0.2) is 29.7 Å². The van der Waals surface area contributed by atoms with Gasteiger partial charge in [-0.3, -0.25) is 0 Å². The Hall–Kier alpha value is -3.14. The monoisotopic (exact) mass is 445 g/mol. The van der Waals surface area contributed by atoms with E-state index in [1.165, 1.54) is 12.1 Å². The summed E-state index contributed by atoms with van der Waals surface area (Å²) in [5.41, 5.74) is 0.947. The number of hydrogen-bond acceptors (Lipinski definition) is 3. The van der Waals surface area contributed by atoms with E-state index in [1.54, 1.807) is 24.3 Å². The smallest absolute Gasteiger partial charge is 0.406 e. The number of alkyl halides is 3. The summed E-state index contributed by atoms with van der Waals surface area (Å²) in [5.74, 6) is -1.29. The predicted octanol–water partition coefficient (Wildman–Crippen LogP) is 5.89. The Morgan fingerprint density at radius 2 is 1.77 bits per heavy atom. The highest BCUT2D eigenvalue weighted by Gasteiger charge is 2.32. The largest absolute Gasteiger partial charge is 0.573 e. The number of rotatable bonds is 4. The molecular formula is C19H13ClF5N3O2. The molecule has 30 heavy (non-hydrogen) atoms. The summed E-state index contributed by atoms with van der Waals surface area (Å²) in [4.78, 5) is 12.5. The standard InChI is InChI=1S/C19H13ClF5N3O2/c20-13-3-1-11(2-4-13)17-12(9-16(21)22)10-28(27-17)18(29)26-14-5-7-15(8-6-14)30-19(23,24)25/h1-9,12H,10H2,(H,26,29). The summed E-state index contributed by atoms with van der Waals surface area (Å²) in [5, 5.41) is 7.99. The van der Waals surface area contributed by atoms with Crippen molar-refractivity contribution < 1.29 is 31.5 Å². The van der Waals surface area contributed by atoms with Crippen LogP contribution in [0.25, 0.3) is 0 Å². The number of halogens is 6. The Labute approximate surface area is 172 Å². The lowest BCUT2D eigenvalue weighted by atomic mass is 9.97. The minimum absolute atomic E-state index is 0.142. The van der Waals surface area contributed by atoms with Gasteiger partial charge in [-0.15, -0.1) is 13.2 Å². The van der Waals surface area contributed by atoms with Crippen LogP contribution in [0.3, 0.4) is 0 Å². The summed E-state index contributed by atoms with van der Waals surface area (Å²) in [7, 11) is 0. The van der Waals surface area contributed by atoms with Crippen molar-refractivity contribution in [1.82, 2.24) is 5.01 Å². The van der Waals surface area contributed by atoms with E-state index in [0.717, 1.165) is 17.1 Å². The number of hydrazone groups is 1. The maximum absolute atomic E-state index is 12.8. The van der Waals surface area contributed by atoms with Crippen LogP contribution in [-0.2, 0) is 0 Å². The van der Waals surface area contributed by atoms with Crippen LogP contribution in [0.5, 0.6) is 5.75 Å². The van der Waals surface area contributed by atoms with Crippen molar-refractivity contribution in [2.45, 2.75) is 6.36 Å². The fourth-order valence-corrected chi connectivity index (χ4v) is 2.88. The van der Waals surface area contributed by atoms with Crippen molar-refractivity contribution in [3.8, 4) is 5.75 Å². The molecule has 1 aliphatic rings. The number of carbonyl (C=O) groups excluding carboxylic acids is 1. The molecule has 5 nitrogen and oxygen atoms in total. The number of nitrogens with one attached hydrogen (secondary N) is 1. The van der Waals surface area contributed by atoms with Gasteiger partial charge in [0.05, 0.1) is 12.3 Å². The number of benzene rings is 2. The van der Waals surface area contributed by atoms with Gasteiger partial charge >= 0.3 is 12.4 Å². The van der Waals surface area contributed by atoms with E-state index in [-0.39, 0.29) is 17.9 Å². The van der Waals surface area contributed by atoms with Gasteiger partial charge in [0.25, 0.3) is 6.08 Å². The average Bonchev–Trinajstić information content (AvgIpc) is 3.06. The molecular weight excluding hydrogens is 433 g/mol. The van der Waals surface area contributed by atoms with Crippen molar-refractivity contribution >= 4 is 29.0 Å². The highest BCUT2D eigenvalue weighted by atomic mass is 35.5. The van der Waals surface area contributed by atoms with Crippen molar-refractivity contribution in [2.75, 3.05) is 11.9 Å². The molecule has 3 rings (SSSR count). The molecule has 0 spiro atoms. The topological polar surface area (TPSA) is 53.9 Å². The molecule has 1 aliphatic heterocycles. The third-order valence-electron chi connectivity index (χ3n) is 3.99. The zero-order chi connectivity index (χ0) is 21.9. The zero-order valence-corrected chi connectivity index (χ0v) is 15.7. The number of hydrogen-bond donors (Lipinski definition) is 1. The molecule has 0 fully saturated rings. The van der Waals surface area contributed by atoms with Gasteiger partial charge in [-0.05, 0) is 48.0 Å². The molecule has 0 aromatic heterocycles. The third-order valence-corrected chi connectivity index (χ3v) is 4.24. The lowest BCUT2D eigenvalue weighted by molar-refractivity contribution is -0.274. The van der Waals surface area contributed by atoms with Crippen LogP contribution in [0.2, 0.25) is 5.02 Å². The predicted molar refractivity (Wildman–Crippen MR) is 101 cm³/mol. The van der Waals surface area contributed by atoms with Crippen LogP contribution in [0.4, 0.5) is 32.4 Å². The normalized spacial score (nSPS) is 16.1. The van der Waals surface area contributed by atoms with E-state index in [9.17, 15) is 26.7 Å².